The molecule has 6 heteroatoms. The minimum atomic E-state index is -0.995. The second kappa shape index (κ2) is 4.03. The Morgan fingerprint density at radius 2 is 2.24 bits per heavy atom. The second-order valence-corrected chi connectivity index (χ2v) is 4.65. The minimum absolute atomic E-state index is 0.0102. The fourth-order valence-electron chi connectivity index (χ4n) is 2.23. The molecule has 0 spiro atoms. The Morgan fingerprint density at radius 3 is 2.65 bits per heavy atom. The molecule has 1 fully saturated rings. The van der Waals surface area contributed by atoms with E-state index in [2.05, 4.69) is 10.4 Å². The van der Waals surface area contributed by atoms with Crippen LogP contribution < -0.4 is 5.32 Å². The van der Waals surface area contributed by atoms with Crippen molar-refractivity contribution in [3.05, 3.63) is 11.3 Å². The zero-order chi connectivity index (χ0) is 12.6. The Hall–Kier alpha value is -1.56. The molecule has 1 aromatic heterocycles. The van der Waals surface area contributed by atoms with Crippen molar-refractivity contribution in [3.63, 3.8) is 0 Å². The van der Waals surface area contributed by atoms with Crippen molar-refractivity contribution in [2.24, 2.45) is 7.05 Å². The predicted octanol–water partition coefficient (Wildman–Crippen LogP) is 0.754. The van der Waals surface area contributed by atoms with Crippen LogP contribution in [0.15, 0.2) is 0 Å². The van der Waals surface area contributed by atoms with Crippen molar-refractivity contribution in [1.29, 1.82) is 0 Å². The summed E-state index contributed by atoms with van der Waals surface area (Å²) in [6.07, 6.45) is 2.76. The maximum Gasteiger partial charge on any atom is 0.341 e. The smallest absolute Gasteiger partial charge is 0.341 e. The Kier molecular flexibility index (Phi) is 2.82. The highest BCUT2D eigenvalue weighted by Crippen LogP contribution is 2.36. The van der Waals surface area contributed by atoms with E-state index < -0.39 is 5.97 Å². The maximum absolute atomic E-state index is 11.2. The van der Waals surface area contributed by atoms with Gasteiger partial charge in [-0.3, -0.25) is 4.68 Å². The Balaban J connectivity index is 2.35. The van der Waals surface area contributed by atoms with Gasteiger partial charge in [0, 0.05) is 7.05 Å². The van der Waals surface area contributed by atoms with E-state index in [1.165, 1.54) is 4.68 Å². The normalized spacial score (nSPS) is 17.6. The van der Waals surface area contributed by atoms with Gasteiger partial charge in [0.05, 0.1) is 17.8 Å². The highest BCUT2D eigenvalue weighted by Gasteiger charge is 2.38. The van der Waals surface area contributed by atoms with Crippen molar-refractivity contribution in [2.75, 3.05) is 11.9 Å². The molecule has 3 N–H and O–H groups in total. The van der Waals surface area contributed by atoms with E-state index in [-0.39, 0.29) is 17.7 Å². The molecule has 0 aliphatic heterocycles. The molecule has 1 aliphatic carbocycles. The average molecular weight is 239 g/mol. The predicted molar refractivity (Wildman–Crippen MR) is 62.2 cm³/mol. The van der Waals surface area contributed by atoms with Crippen LogP contribution in [0.2, 0.25) is 0 Å². The van der Waals surface area contributed by atoms with Crippen LogP contribution >= 0.6 is 0 Å². The Labute approximate surface area is 99.3 Å². The molecule has 2 rings (SSSR count). The second-order valence-electron chi connectivity index (χ2n) is 4.65. The van der Waals surface area contributed by atoms with Crippen LogP contribution in [0.5, 0.6) is 0 Å². The van der Waals surface area contributed by atoms with Crippen LogP contribution in [0.4, 0.5) is 5.82 Å². The topological polar surface area (TPSA) is 87.4 Å². The van der Waals surface area contributed by atoms with Gasteiger partial charge in [-0.15, -0.1) is 0 Å². The van der Waals surface area contributed by atoms with Crippen molar-refractivity contribution < 1.29 is 15.0 Å². The minimum Gasteiger partial charge on any atom is -0.477 e. The average Bonchev–Trinajstić information content (AvgIpc) is 2.47. The summed E-state index contributed by atoms with van der Waals surface area (Å²) in [7, 11) is 1.70. The summed E-state index contributed by atoms with van der Waals surface area (Å²) in [6.45, 7) is 1.68. The fourth-order valence-corrected chi connectivity index (χ4v) is 2.23. The monoisotopic (exact) mass is 239 g/mol. The van der Waals surface area contributed by atoms with Crippen molar-refractivity contribution in [3.8, 4) is 0 Å². The number of nitrogens with one attached hydrogen (secondary N) is 1. The summed E-state index contributed by atoms with van der Waals surface area (Å²) in [4.78, 5) is 11.2. The van der Waals surface area contributed by atoms with Gasteiger partial charge in [-0.05, 0) is 26.2 Å². The molecule has 94 valence electrons. The molecule has 0 bridgehead atoms. The van der Waals surface area contributed by atoms with E-state index >= 15 is 0 Å². The number of aromatic nitrogens is 2. The van der Waals surface area contributed by atoms with Crippen LogP contribution in [0, 0.1) is 6.92 Å². The first-order valence-corrected chi connectivity index (χ1v) is 5.65. The van der Waals surface area contributed by atoms with Crippen molar-refractivity contribution in [2.45, 2.75) is 31.7 Å². The van der Waals surface area contributed by atoms with E-state index in [9.17, 15) is 9.90 Å². The van der Waals surface area contributed by atoms with Crippen molar-refractivity contribution in [1.82, 2.24) is 9.78 Å². The number of nitrogens with zero attached hydrogens (tertiary/aromatic N) is 2. The number of carboxylic acids is 1. The first-order valence-electron chi connectivity index (χ1n) is 5.65. The van der Waals surface area contributed by atoms with Crippen LogP contribution in [0.1, 0.15) is 35.3 Å². The van der Waals surface area contributed by atoms with E-state index in [0.29, 0.717) is 11.5 Å². The molecule has 17 heavy (non-hydrogen) atoms. The quantitative estimate of drug-likeness (QED) is 0.721. The first kappa shape index (κ1) is 11.9. The molecule has 1 aliphatic rings. The molecule has 1 aromatic rings. The van der Waals surface area contributed by atoms with Crippen LogP contribution in [0.25, 0.3) is 0 Å². The third-order valence-corrected chi connectivity index (χ3v) is 3.43. The van der Waals surface area contributed by atoms with Gasteiger partial charge in [0.25, 0.3) is 0 Å². The molecule has 1 heterocycles. The van der Waals surface area contributed by atoms with E-state index in [0.717, 1.165) is 19.3 Å². The van der Waals surface area contributed by atoms with E-state index in [1.807, 2.05) is 0 Å². The van der Waals surface area contributed by atoms with Gasteiger partial charge in [-0.25, -0.2) is 4.79 Å². The highest BCUT2D eigenvalue weighted by atomic mass is 16.4. The zero-order valence-corrected chi connectivity index (χ0v) is 10.0. The Bertz CT molecular complexity index is 444. The molecule has 6 nitrogen and oxygen atoms in total. The summed E-state index contributed by atoms with van der Waals surface area (Å²) < 4.78 is 1.52. The fraction of sp³-hybridized carbons (Fsp3) is 0.636. The molecule has 0 saturated heterocycles. The summed E-state index contributed by atoms with van der Waals surface area (Å²) >= 11 is 0. The largest absolute Gasteiger partial charge is 0.477 e. The molecular formula is C11H17N3O3. The summed E-state index contributed by atoms with van der Waals surface area (Å²) in [5, 5.41) is 25.8. The van der Waals surface area contributed by atoms with Crippen molar-refractivity contribution >= 4 is 11.8 Å². The molecular weight excluding hydrogens is 222 g/mol. The number of hydrogen-bond acceptors (Lipinski definition) is 4. The number of aliphatic hydroxyl groups is 1. The number of aliphatic hydroxyl groups excluding tert-OH is 1. The summed E-state index contributed by atoms with van der Waals surface area (Å²) in [5.74, 6) is -0.519. The van der Waals surface area contributed by atoms with Gasteiger partial charge in [-0.2, -0.15) is 5.10 Å². The van der Waals surface area contributed by atoms with E-state index in [1.54, 1.807) is 14.0 Å². The molecule has 1 saturated carbocycles. The summed E-state index contributed by atoms with van der Waals surface area (Å²) in [5.41, 5.74) is 0.298. The number of aromatic carboxylic acids is 1. The lowest BCUT2D eigenvalue weighted by Crippen LogP contribution is -2.49. The molecule has 0 unspecified atom stereocenters. The number of hydrogen-bond donors (Lipinski definition) is 3. The molecule has 0 amide bonds. The number of anilines is 1. The number of aryl methyl sites for hydroxylation is 2. The van der Waals surface area contributed by atoms with Gasteiger partial charge >= 0.3 is 5.97 Å². The lowest BCUT2D eigenvalue weighted by atomic mass is 9.77. The Morgan fingerprint density at radius 1 is 1.59 bits per heavy atom. The number of carbonyl (C=O) groups is 1. The van der Waals surface area contributed by atoms with Gasteiger partial charge in [0.2, 0.25) is 0 Å². The highest BCUT2D eigenvalue weighted by molar-refractivity contribution is 5.94. The lowest BCUT2D eigenvalue weighted by Gasteiger charge is -2.41. The lowest BCUT2D eigenvalue weighted by molar-refractivity contribution is 0.0696. The van der Waals surface area contributed by atoms with Crippen LogP contribution in [0.3, 0.4) is 0 Å². The zero-order valence-electron chi connectivity index (χ0n) is 10.0. The van der Waals surface area contributed by atoms with Gasteiger partial charge in [0.15, 0.2) is 0 Å². The third kappa shape index (κ3) is 1.88. The van der Waals surface area contributed by atoms with Gasteiger partial charge in [0.1, 0.15) is 11.4 Å². The van der Waals surface area contributed by atoms with Crippen LogP contribution in [-0.4, -0.2) is 38.1 Å². The number of carboxylic acid groups (broad SMARTS) is 1. The van der Waals surface area contributed by atoms with Crippen LogP contribution in [-0.2, 0) is 7.05 Å². The first-order chi connectivity index (χ1) is 7.99. The molecule has 0 radical (unpaired) electrons. The standard InChI is InChI=1S/C11H17N3O3/c1-7-8(10(16)17)9(14(2)13-7)12-11(6-15)4-3-5-11/h12,15H,3-6H2,1-2H3,(H,16,17). The summed E-state index contributed by atoms with van der Waals surface area (Å²) in [6, 6.07) is 0. The van der Waals surface area contributed by atoms with E-state index in [4.69, 9.17) is 5.11 Å². The third-order valence-electron chi connectivity index (χ3n) is 3.43. The molecule has 0 aromatic carbocycles. The SMILES string of the molecule is Cc1nn(C)c(NC2(CO)CCC2)c1C(=O)O. The van der Waals surface area contributed by atoms with Gasteiger partial charge in [-0.1, -0.05) is 0 Å². The molecule has 0 atom stereocenters. The number of rotatable bonds is 4. The maximum atomic E-state index is 11.2. The van der Waals surface area contributed by atoms with Gasteiger partial charge < -0.3 is 15.5 Å².